The molecule has 1 N–H and O–H groups in total. The van der Waals surface area contributed by atoms with E-state index in [0.717, 1.165) is 14.6 Å². The van der Waals surface area contributed by atoms with Gasteiger partial charge in [-0.2, -0.15) is 0 Å². The lowest BCUT2D eigenvalue weighted by Crippen LogP contribution is -2.13. The summed E-state index contributed by atoms with van der Waals surface area (Å²) < 4.78 is 2.02. The van der Waals surface area contributed by atoms with Crippen molar-refractivity contribution in [1.82, 2.24) is 4.98 Å². The average Bonchev–Trinajstić information content (AvgIpc) is 2.95. The standard InChI is InChI=1S/C18H16N2O2S2/c1-11-3-8-15-16(9-11)24-18(20-15)23-10-17(22)19-14-6-4-13(5-7-14)12(2)21/h3-9H,10H2,1-2H3,(H,19,22). The number of nitrogens with one attached hydrogen (secondary N) is 1. The number of thioether (sulfide) groups is 1. The minimum Gasteiger partial charge on any atom is -0.325 e. The normalized spacial score (nSPS) is 10.8. The van der Waals surface area contributed by atoms with Crippen LogP contribution in [-0.2, 0) is 4.79 Å². The molecule has 3 aromatic rings. The SMILES string of the molecule is CC(=O)c1ccc(NC(=O)CSc2nc3ccc(C)cc3s2)cc1. The van der Waals surface area contributed by atoms with Gasteiger partial charge in [-0.15, -0.1) is 11.3 Å². The third kappa shape index (κ3) is 4.01. The highest BCUT2D eigenvalue weighted by atomic mass is 32.2. The van der Waals surface area contributed by atoms with Gasteiger partial charge in [-0.25, -0.2) is 4.98 Å². The molecule has 0 unspecified atom stereocenters. The van der Waals surface area contributed by atoms with Crippen LogP contribution >= 0.6 is 23.1 Å². The Hall–Kier alpha value is -2.18. The lowest BCUT2D eigenvalue weighted by molar-refractivity contribution is -0.113. The molecule has 1 amide bonds. The number of nitrogens with zero attached hydrogens (tertiary/aromatic N) is 1. The van der Waals surface area contributed by atoms with Crippen molar-refractivity contribution in [2.75, 3.05) is 11.1 Å². The molecule has 0 radical (unpaired) electrons. The molecule has 3 rings (SSSR count). The van der Waals surface area contributed by atoms with Gasteiger partial charge in [0.25, 0.3) is 0 Å². The van der Waals surface area contributed by atoms with Crippen LogP contribution in [0.1, 0.15) is 22.8 Å². The summed E-state index contributed by atoms with van der Waals surface area (Å²) >= 11 is 3.03. The minimum absolute atomic E-state index is 0.00880. The number of Topliss-reactive ketones (excluding diaryl/α,β-unsaturated/α-hetero) is 1. The molecule has 0 atom stereocenters. The van der Waals surface area contributed by atoms with Crippen LogP contribution in [0.2, 0.25) is 0 Å². The number of anilines is 1. The lowest BCUT2D eigenvalue weighted by atomic mass is 10.1. The molecule has 0 bridgehead atoms. The molecule has 1 aromatic heterocycles. The van der Waals surface area contributed by atoms with Crippen molar-refractivity contribution in [3.05, 3.63) is 53.6 Å². The fourth-order valence-electron chi connectivity index (χ4n) is 2.19. The highest BCUT2D eigenvalue weighted by Gasteiger charge is 2.09. The zero-order valence-electron chi connectivity index (χ0n) is 13.3. The quantitative estimate of drug-likeness (QED) is 0.539. The Morgan fingerprint density at radius 1 is 1.17 bits per heavy atom. The zero-order chi connectivity index (χ0) is 17.1. The van der Waals surface area contributed by atoms with Gasteiger partial charge >= 0.3 is 0 Å². The van der Waals surface area contributed by atoms with Crippen molar-refractivity contribution in [2.24, 2.45) is 0 Å². The van der Waals surface area contributed by atoms with Crippen LogP contribution in [0.15, 0.2) is 46.8 Å². The van der Waals surface area contributed by atoms with Crippen molar-refractivity contribution in [2.45, 2.75) is 18.2 Å². The van der Waals surface area contributed by atoms with E-state index in [1.54, 1.807) is 35.6 Å². The Labute approximate surface area is 148 Å². The van der Waals surface area contributed by atoms with Crippen molar-refractivity contribution in [3.8, 4) is 0 Å². The number of aryl methyl sites for hydroxylation is 1. The van der Waals surface area contributed by atoms with Gasteiger partial charge in [0, 0.05) is 11.3 Å². The first kappa shape index (κ1) is 16.7. The summed E-state index contributed by atoms with van der Waals surface area (Å²) in [5, 5.41) is 2.83. The van der Waals surface area contributed by atoms with Gasteiger partial charge < -0.3 is 5.32 Å². The fraction of sp³-hybridized carbons (Fsp3) is 0.167. The molecule has 4 nitrogen and oxygen atoms in total. The first-order valence-electron chi connectivity index (χ1n) is 7.42. The lowest BCUT2D eigenvalue weighted by Gasteiger charge is -2.04. The Bertz CT molecular complexity index is 901. The van der Waals surface area contributed by atoms with E-state index >= 15 is 0 Å². The Balaban J connectivity index is 1.59. The summed E-state index contributed by atoms with van der Waals surface area (Å²) in [5.74, 6) is 0.216. The molecule has 0 saturated heterocycles. The third-order valence-electron chi connectivity index (χ3n) is 3.43. The second-order valence-electron chi connectivity index (χ2n) is 5.42. The van der Waals surface area contributed by atoms with E-state index in [9.17, 15) is 9.59 Å². The Morgan fingerprint density at radius 2 is 1.92 bits per heavy atom. The molecule has 6 heteroatoms. The predicted octanol–water partition coefficient (Wildman–Crippen LogP) is 4.54. The summed E-state index contributed by atoms with van der Waals surface area (Å²) in [6.07, 6.45) is 0. The van der Waals surface area contributed by atoms with Gasteiger partial charge in [0.05, 0.1) is 16.0 Å². The van der Waals surface area contributed by atoms with Crippen LogP contribution in [0.4, 0.5) is 5.69 Å². The van der Waals surface area contributed by atoms with Crippen LogP contribution in [-0.4, -0.2) is 22.4 Å². The summed E-state index contributed by atoms with van der Waals surface area (Å²) in [5.41, 5.74) is 3.49. The van der Waals surface area contributed by atoms with Crippen molar-refractivity contribution in [1.29, 1.82) is 0 Å². The molecule has 0 fully saturated rings. The van der Waals surface area contributed by atoms with Gasteiger partial charge in [-0.1, -0.05) is 17.8 Å². The number of amides is 1. The second-order valence-corrected chi connectivity index (χ2v) is 7.67. The van der Waals surface area contributed by atoms with E-state index in [-0.39, 0.29) is 11.7 Å². The zero-order valence-corrected chi connectivity index (χ0v) is 15.0. The van der Waals surface area contributed by atoms with E-state index in [1.807, 2.05) is 12.1 Å². The number of aromatic nitrogens is 1. The van der Waals surface area contributed by atoms with Crippen LogP contribution in [0.5, 0.6) is 0 Å². The molecular formula is C18H16N2O2S2. The Morgan fingerprint density at radius 3 is 2.62 bits per heavy atom. The van der Waals surface area contributed by atoms with Gasteiger partial charge in [0.15, 0.2) is 10.1 Å². The highest BCUT2D eigenvalue weighted by Crippen LogP contribution is 2.30. The molecule has 0 spiro atoms. The van der Waals surface area contributed by atoms with Gasteiger partial charge in [0.2, 0.25) is 5.91 Å². The number of hydrogen-bond acceptors (Lipinski definition) is 5. The largest absolute Gasteiger partial charge is 0.325 e. The number of fused-ring (bicyclic) bond motifs is 1. The minimum atomic E-state index is -0.0917. The summed E-state index contributed by atoms with van der Waals surface area (Å²) in [6, 6.07) is 13.0. The molecule has 0 aliphatic heterocycles. The van der Waals surface area contributed by atoms with E-state index in [2.05, 4.69) is 23.3 Å². The maximum atomic E-state index is 12.1. The number of benzene rings is 2. The van der Waals surface area contributed by atoms with E-state index in [1.165, 1.54) is 24.2 Å². The smallest absolute Gasteiger partial charge is 0.234 e. The average molecular weight is 356 g/mol. The summed E-state index contributed by atoms with van der Waals surface area (Å²) in [6.45, 7) is 3.57. The molecule has 122 valence electrons. The molecule has 0 aliphatic carbocycles. The monoisotopic (exact) mass is 356 g/mol. The number of thiazole rings is 1. The van der Waals surface area contributed by atoms with Gasteiger partial charge in [-0.3, -0.25) is 9.59 Å². The fourth-order valence-corrected chi connectivity index (χ4v) is 4.15. The number of rotatable bonds is 5. The van der Waals surface area contributed by atoms with Gasteiger partial charge in [-0.05, 0) is 55.8 Å². The van der Waals surface area contributed by atoms with E-state index < -0.39 is 0 Å². The summed E-state index contributed by atoms with van der Waals surface area (Å²) in [7, 11) is 0. The van der Waals surface area contributed by atoms with Crippen molar-refractivity contribution in [3.63, 3.8) is 0 Å². The van der Waals surface area contributed by atoms with Crippen LogP contribution < -0.4 is 5.32 Å². The molecule has 2 aromatic carbocycles. The highest BCUT2D eigenvalue weighted by molar-refractivity contribution is 8.01. The van der Waals surface area contributed by atoms with Gasteiger partial charge in [0.1, 0.15) is 0 Å². The first-order chi connectivity index (χ1) is 11.5. The molecule has 0 aliphatic rings. The van der Waals surface area contributed by atoms with Crippen LogP contribution in [0, 0.1) is 6.92 Å². The maximum Gasteiger partial charge on any atom is 0.234 e. The molecular weight excluding hydrogens is 340 g/mol. The van der Waals surface area contributed by atoms with E-state index in [4.69, 9.17) is 0 Å². The van der Waals surface area contributed by atoms with E-state index in [0.29, 0.717) is 17.0 Å². The first-order valence-corrected chi connectivity index (χ1v) is 9.22. The van der Waals surface area contributed by atoms with Crippen molar-refractivity contribution >= 4 is 50.7 Å². The number of carbonyl (C=O) groups is 2. The van der Waals surface area contributed by atoms with Crippen molar-refractivity contribution < 1.29 is 9.59 Å². The Kier molecular flexibility index (Phi) is 4.97. The molecule has 1 heterocycles. The van der Waals surface area contributed by atoms with Crippen LogP contribution in [0.3, 0.4) is 0 Å². The maximum absolute atomic E-state index is 12.1. The molecule has 24 heavy (non-hydrogen) atoms. The van der Waals surface area contributed by atoms with Crippen LogP contribution in [0.25, 0.3) is 10.2 Å². The number of carbonyl (C=O) groups excluding carboxylic acids is 2. The predicted molar refractivity (Wildman–Crippen MR) is 100 cm³/mol. The second kappa shape index (κ2) is 7.15. The third-order valence-corrected chi connectivity index (χ3v) is 5.59. The topological polar surface area (TPSA) is 59.1 Å². The number of ketones is 1. The number of hydrogen-bond donors (Lipinski definition) is 1. The summed E-state index contributed by atoms with van der Waals surface area (Å²) in [4.78, 5) is 27.8. The molecule has 0 saturated carbocycles.